The van der Waals surface area contributed by atoms with Gasteiger partial charge in [0, 0.05) is 26.3 Å². The lowest BCUT2D eigenvalue weighted by molar-refractivity contribution is 0.464. The van der Waals surface area contributed by atoms with Gasteiger partial charge in [0.1, 0.15) is 10.7 Å². The van der Waals surface area contributed by atoms with Crippen molar-refractivity contribution in [2.75, 3.05) is 7.05 Å². The summed E-state index contributed by atoms with van der Waals surface area (Å²) in [6, 6.07) is 8.28. The Balaban J connectivity index is 2.29. The van der Waals surface area contributed by atoms with Gasteiger partial charge in [-0.05, 0) is 17.2 Å². The van der Waals surface area contributed by atoms with Gasteiger partial charge in [-0.2, -0.15) is 4.31 Å². The summed E-state index contributed by atoms with van der Waals surface area (Å²) < 4.78 is 39.0. The van der Waals surface area contributed by atoms with E-state index in [1.54, 1.807) is 0 Å². The fourth-order valence-electron chi connectivity index (χ4n) is 1.95. The van der Waals surface area contributed by atoms with Crippen molar-refractivity contribution in [3.63, 3.8) is 0 Å². The van der Waals surface area contributed by atoms with Crippen LogP contribution in [-0.4, -0.2) is 24.8 Å². The van der Waals surface area contributed by atoms with Crippen LogP contribution in [0.2, 0.25) is 0 Å². The number of aromatic nitrogens is 1. The highest BCUT2D eigenvalue weighted by atomic mass is 32.2. The highest BCUT2D eigenvalue weighted by molar-refractivity contribution is 7.89. The fraction of sp³-hybridized carbons (Fsp3) is 0.214. The molecule has 1 heterocycles. The maximum Gasteiger partial charge on any atom is 0.244 e. The number of nitrogens with zero attached hydrogens (tertiary/aromatic N) is 2. The molecule has 1 aromatic heterocycles. The summed E-state index contributed by atoms with van der Waals surface area (Å²) >= 11 is 0. The first-order valence-electron chi connectivity index (χ1n) is 6.29. The highest BCUT2D eigenvalue weighted by Crippen LogP contribution is 2.18. The quantitative estimate of drug-likeness (QED) is 0.908. The molecule has 2 aromatic rings. The van der Waals surface area contributed by atoms with Crippen LogP contribution in [-0.2, 0) is 23.1 Å². The minimum atomic E-state index is -3.79. The third-order valence-electron chi connectivity index (χ3n) is 3.12. The number of halogens is 1. The van der Waals surface area contributed by atoms with Crippen molar-refractivity contribution in [1.29, 1.82) is 0 Å². The molecule has 0 radical (unpaired) electrons. The van der Waals surface area contributed by atoms with Crippen LogP contribution in [0.25, 0.3) is 0 Å². The van der Waals surface area contributed by atoms with E-state index in [0.717, 1.165) is 33.9 Å². The maximum atomic E-state index is 13.1. The Morgan fingerprint density at radius 2 is 1.90 bits per heavy atom. The summed E-state index contributed by atoms with van der Waals surface area (Å²) in [7, 11) is -2.36. The second kappa shape index (κ2) is 6.30. The first-order valence-corrected chi connectivity index (χ1v) is 7.73. The Morgan fingerprint density at radius 1 is 1.24 bits per heavy atom. The summed E-state index contributed by atoms with van der Waals surface area (Å²) in [6.07, 6.45) is 2.09. The molecule has 0 bridgehead atoms. The van der Waals surface area contributed by atoms with Crippen LogP contribution < -0.4 is 5.73 Å². The van der Waals surface area contributed by atoms with Gasteiger partial charge < -0.3 is 5.73 Å². The van der Waals surface area contributed by atoms with E-state index in [9.17, 15) is 12.8 Å². The Morgan fingerprint density at radius 3 is 2.52 bits per heavy atom. The van der Waals surface area contributed by atoms with Crippen LogP contribution in [0.3, 0.4) is 0 Å². The standard InChI is InChI=1S/C14H16FN3O2S/c1-18(10-12-5-3-2-4-11(12)7-16)21(19,20)14-6-13(15)8-17-9-14/h2-6,8-9H,7,10,16H2,1H3. The molecule has 0 aliphatic carbocycles. The van der Waals surface area contributed by atoms with Crippen LogP contribution in [0.5, 0.6) is 0 Å². The number of pyridine rings is 1. The maximum absolute atomic E-state index is 13.1. The van der Waals surface area contributed by atoms with Gasteiger partial charge in [-0.1, -0.05) is 24.3 Å². The molecule has 0 fully saturated rings. The minimum Gasteiger partial charge on any atom is -0.326 e. The van der Waals surface area contributed by atoms with Crippen LogP contribution in [0.1, 0.15) is 11.1 Å². The van der Waals surface area contributed by atoms with E-state index in [1.165, 1.54) is 7.05 Å². The van der Waals surface area contributed by atoms with Gasteiger partial charge >= 0.3 is 0 Å². The van der Waals surface area contributed by atoms with Gasteiger partial charge in [-0.3, -0.25) is 4.98 Å². The molecule has 0 spiro atoms. The molecule has 5 nitrogen and oxygen atoms in total. The molecular weight excluding hydrogens is 293 g/mol. The number of hydrogen-bond donors (Lipinski definition) is 1. The van der Waals surface area contributed by atoms with Crippen molar-refractivity contribution in [3.8, 4) is 0 Å². The molecule has 0 aliphatic heterocycles. The predicted molar refractivity (Wildman–Crippen MR) is 77.2 cm³/mol. The van der Waals surface area contributed by atoms with E-state index in [2.05, 4.69) is 4.98 Å². The highest BCUT2D eigenvalue weighted by Gasteiger charge is 2.22. The SMILES string of the molecule is CN(Cc1ccccc1CN)S(=O)(=O)c1cncc(F)c1. The van der Waals surface area contributed by atoms with Gasteiger partial charge in [0.2, 0.25) is 10.0 Å². The Bertz CT molecular complexity index is 735. The Hall–Kier alpha value is -1.83. The van der Waals surface area contributed by atoms with Crippen molar-refractivity contribution in [1.82, 2.24) is 9.29 Å². The second-order valence-corrected chi connectivity index (χ2v) is 6.62. The first-order chi connectivity index (χ1) is 9.95. The smallest absolute Gasteiger partial charge is 0.244 e. The molecule has 7 heteroatoms. The van der Waals surface area contributed by atoms with Gasteiger partial charge in [-0.25, -0.2) is 12.8 Å². The van der Waals surface area contributed by atoms with Crippen molar-refractivity contribution < 1.29 is 12.8 Å². The van der Waals surface area contributed by atoms with Gasteiger partial charge in [-0.15, -0.1) is 0 Å². The number of rotatable bonds is 5. The topological polar surface area (TPSA) is 76.3 Å². The lowest BCUT2D eigenvalue weighted by Crippen LogP contribution is -2.27. The Kier molecular flexibility index (Phi) is 4.66. The predicted octanol–water partition coefficient (Wildman–Crippen LogP) is 1.50. The van der Waals surface area contributed by atoms with E-state index >= 15 is 0 Å². The fourth-order valence-corrected chi connectivity index (χ4v) is 3.07. The van der Waals surface area contributed by atoms with E-state index < -0.39 is 15.8 Å². The number of sulfonamides is 1. The average Bonchev–Trinajstić information content (AvgIpc) is 2.47. The third kappa shape index (κ3) is 3.44. The third-order valence-corrected chi connectivity index (χ3v) is 4.89. The lowest BCUT2D eigenvalue weighted by Gasteiger charge is -2.18. The molecule has 2 N–H and O–H groups in total. The number of hydrogen-bond acceptors (Lipinski definition) is 4. The largest absolute Gasteiger partial charge is 0.326 e. The molecule has 0 aliphatic rings. The van der Waals surface area contributed by atoms with Gasteiger partial charge in [0.25, 0.3) is 0 Å². The minimum absolute atomic E-state index is 0.159. The first kappa shape index (κ1) is 15.6. The summed E-state index contributed by atoms with van der Waals surface area (Å²) in [5.41, 5.74) is 7.33. The summed E-state index contributed by atoms with van der Waals surface area (Å²) in [5.74, 6) is -0.688. The zero-order chi connectivity index (χ0) is 15.5. The molecule has 0 saturated heterocycles. The molecular formula is C14H16FN3O2S. The van der Waals surface area contributed by atoms with Crippen molar-refractivity contribution >= 4 is 10.0 Å². The zero-order valence-corrected chi connectivity index (χ0v) is 12.3. The van der Waals surface area contributed by atoms with Crippen molar-refractivity contribution in [3.05, 3.63) is 59.7 Å². The zero-order valence-electron chi connectivity index (χ0n) is 11.5. The molecule has 0 amide bonds. The van der Waals surface area contributed by atoms with Gasteiger partial charge in [0.05, 0.1) is 6.20 Å². The number of nitrogens with two attached hydrogens (primary N) is 1. The molecule has 0 atom stereocenters. The molecule has 0 unspecified atom stereocenters. The van der Waals surface area contributed by atoms with Gasteiger partial charge in [0.15, 0.2) is 0 Å². The monoisotopic (exact) mass is 309 g/mol. The van der Waals surface area contributed by atoms with Crippen molar-refractivity contribution in [2.24, 2.45) is 5.73 Å². The van der Waals surface area contributed by atoms with Crippen LogP contribution in [0.15, 0.2) is 47.6 Å². The Labute approximate surface area is 123 Å². The van der Waals surface area contributed by atoms with E-state index in [4.69, 9.17) is 5.73 Å². The normalized spacial score (nSPS) is 11.8. The van der Waals surface area contributed by atoms with E-state index in [-0.39, 0.29) is 11.4 Å². The molecule has 0 saturated carbocycles. The van der Waals surface area contributed by atoms with E-state index in [1.807, 2.05) is 24.3 Å². The van der Waals surface area contributed by atoms with Crippen LogP contribution in [0.4, 0.5) is 4.39 Å². The average molecular weight is 309 g/mol. The van der Waals surface area contributed by atoms with Crippen molar-refractivity contribution in [2.45, 2.75) is 18.0 Å². The molecule has 112 valence electrons. The summed E-state index contributed by atoms with van der Waals surface area (Å²) in [5, 5.41) is 0. The van der Waals surface area contributed by atoms with Crippen LogP contribution >= 0.6 is 0 Å². The summed E-state index contributed by atoms with van der Waals surface area (Å²) in [4.78, 5) is 3.40. The molecule has 1 aromatic carbocycles. The van der Waals surface area contributed by atoms with Crippen LogP contribution in [0, 0.1) is 5.82 Å². The second-order valence-electron chi connectivity index (χ2n) is 4.57. The lowest BCUT2D eigenvalue weighted by atomic mass is 10.1. The van der Waals surface area contributed by atoms with E-state index in [0.29, 0.717) is 6.54 Å². The summed E-state index contributed by atoms with van der Waals surface area (Å²) in [6.45, 7) is 0.484. The molecule has 2 rings (SSSR count). The molecule has 21 heavy (non-hydrogen) atoms. The number of benzene rings is 1.